The van der Waals surface area contributed by atoms with E-state index in [1.165, 1.54) is 12.4 Å². The van der Waals surface area contributed by atoms with Crippen molar-refractivity contribution in [3.63, 3.8) is 0 Å². The summed E-state index contributed by atoms with van der Waals surface area (Å²) in [6.07, 6.45) is 9.89. The van der Waals surface area contributed by atoms with Crippen molar-refractivity contribution in [1.82, 2.24) is 14.9 Å². The number of phenolic OH excluding ortho intramolecular Hbond substituents is 1. The van der Waals surface area contributed by atoms with E-state index < -0.39 is 17.5 Å². The normalized spacial score (nSPS) is 22.6. The van der Waals surface area contributed by atoms with E-state index in [0.29, 0.717) is 34.9 Å². The van der Waals surface area contributed by atoms with Gasteiger partial charge in [0.1, 0.15) is 24.1 Å². The van der Waals surface area contributed by atoms with Crippen molar-refractivity contribution < 1.29 is 13.9 Å². The molecule has 2 saturated heterocycles. The van der Waals surface area contributed by atoms with Gasteiger partial charge in [0.2, 0.25) is 0 Å². The van der Waals surface area contributed by atoms with Crippen LogP contribution in [0.1, 0.15) is 30.4 Å². The van der Waals surface area contributed by atoms with E-state index in [1.807, 2.05) is 18.2 Å². The Morgan fingerprint density at radius 1 is 1.18 bits per heavy atom. The Labute approximate surface area is 189 Å². The number of aromatic nitrogens is 2. The second-order valence-electron chi connectivity index (χ2n) is 8.99. The number of alkyl halides is 1. The zero-order chi connectivity index (χ0) is 22.7. The van der Waals surface area contributed by atoms with Crippen LogP contribution in [0.5, 0.6) is 5.75 Å². The largest absolute Gasteiger partial charge is 0.507 e. The molecule has 4 nitrogen and oxygen atoms in total. The van der Waals surface area contributed by atoms with E-state index in [-0.39, 0.29) is 11.3 Å². The summed E-state index contributed by atoms with van der Waals surface area (Å²) < 4.78 is 29.3. The first-order valence-electron chi connectivity index (χ1n) is 11.1. The predicted octanol–water partition coefficient (Wildman–Crippen LogP) is 5.31. The van der Waals surface area contributed by atoms with Crippen LogP contribution >= 0.6 is 0 Å². The Morgan fingerprint density at radius 3 is 2.91 bits per heavy atom. The molecule has 4 aromatic rings. The number of benzene rings is 3. The van der Waals surface area contributed by atoms with E-state index in [4.69, 9.17) is 6.42 Å². The quantitative estimate of drug-likeness (QED) is 0.429. The maximum atomic E-state index is 14.7. The maximum absolute atomic E-state index is 14.7. The second kappa shape index (κ2) is 7.23. The van der Waals surface area contributed by atoms with Gasteiger partial charge in [0.05, 0.1) is 16.6 Å². The molecule has 0 aliphatic carbocycles. The third-order valence-electron chi connectivity index (χ3n) is 7.29. The fraction of sp³-hybridized carbons (Fsp3) is 0.259. The van der Waals surface area contributed by atoms with Gasteiger partial charge in [0.25, 0.3) is 0 Å². The number of hydrogen-bond acceptors (Lipinski definition) is 4. The molecule has 0 bridgehead atoms. The summed E-state index contributed by atoms with van der Waals surface area (Å²) in [4.78, 5) is 10.5. The minimum absolute atomic E-state index is 0.0893. The van der Waals surface area contributed by atoms with Gasteiger partial charge < -0.3 is 5.11 Å². The van der Waals surface area contributed by atoms with Crippen LogP contribution in [-0.4, -0.2) is 39.2 Å². The van der Waals surface area contributed by atoms with Crippen LogP contribution in [0.25, 0.3) is 32.8 Å². The highest BCUT2D eigenvalue weighted by molar-refractivity contribution is 6.04. The highest BCUT2D eigenvalue weighted by Gasteiger charge is 2.51. The molecule has 2 atom stereocenters. The Bertz CT molecular complexity index is 1480. The Morgan fingerprint density at radius 2 is 2.06 bits per heavy atom. The van der Waals surface area contributed by atoms with Crippen LogP contribution in [0.15, 0.2) is 48.9 Å². The summed E-state index contributed by atoms with van der Waals surface area (Å²) in [6.45, 7) is 1.11. The zero-order valence-corrected chi connectivity index (χ0v) is 17.9. The molecule has 3 aromatic carbocycles. The number of terminal acetylenes is 1. The molecule has 2 fully saturated rings. The van der Waals surface area contributed by atoms with Gasteiger partial charge in [-0.25, -0.2) is 18.7 Å². The Hall–Kier alpha value is -3.56. The molecule has 6 rings (SSSR count). The molecule has 0 radical (unpaired) electrons. The average molecular weight is 441 g/mol. The molecule has 0 spiro atoms. The summed E-state index contributed by atoms with van der Waals surface area (Å²) in [6, 6.07) is 10.4. The number of rotatable bonds is 2. The molecule has 164 valence electrons. The van der Waals surface area contributed by atoms with Gasteiger partial charge in [-0.2, -0.15) is 0 Å². The minimum Gasteiger partial charge on any atom is -0.507 e. The van der Waals surface area contributed by atoms with E-state index in [2.05, 4.69) is 20.8 Å². The van der Waals surface area contributed by atoms with Crippen molar-refractivity contribution in [2.45, 2.75) is 31.0 Å². The summed E-state index contributed by atoms with van der Waals surface area (Å²) in [5.74, 6) is 2.08. The van der Waals surface area contributed by atoms with E-state index in [0.717, 1.165) is 35.9 Å². The lowest BCUT2D eigenvalue weighted by Crippen LogP contribution is -2.35. The molecule has 3 heterocycles. The number of phenols is 1. The van der Waals surface area contributed by atoms with Crippen molar-refractivity contribution >= 4 is 21.7 Å². The smallest absolute Gasteiger partial charge is 0.139 e. The first-order valence-corrected chi connectivity index (χ1v) is 11.1. The van der Waals surface area contributed by atoms with Crippen molar-refractivity contribution in [3.8, 4) is 29.2 Å². The van der Waals surface area contributed by atoms with Crippen molar-refractivity contribution in [2.75, 3.05) is 13.1 Å². The molecule has 33 heavy (non-hydrogen) atoms. The Kier molecular flexibility index (Phi) is 4.40. The first-order chi connectivity index (χ1) is 16.0. The summed E-state index contributed by atoms with van der Waals surface area (Å²) in [5, 5.41) is 13.8. The van der Waals surface area contributed by atoms with E-state index >= 15 is 0 Å². The third-order valence-corrected chi connectivity index (χ3v) is 7.29. The van der Waals surface area contributed by atoms with E-state index in [1.54, 1.807) is 18.3 Å². The third kappa shape index (κ3) is 2.86. The van der Waals surface area contributed by atoms with E-state index in [9.17, 15) is 13.9 Å². The van der Waals surface area contributed by atoms with Gasteiger partial charge in [-0.1, -0.05) is 24.1 Å². The fourth-order valence-corrected chi connectivity index (χ4v) is 5.88. The lowest BCUT2D eigenvalue weighted by molar-refractivity contribution is 0.192. The lowest BCUT2D eigenvalue weighted by Gasteiger charge is -2.34. The van der Waals surface area contributed by atoms with Gasteiger partial charge in [-0.15, -0.1) is 6.42 Å². The second-order valence-corrected chi connectivity index (χ2v) is 8.99. The molecule has 2 unspecified atom stereocenters. The van der Waals surface area contributed by atoms with Crippen LogP contribution in [0, 0.1) is 18.2 Å². The number of hydrogen-bond donors (Lipinski definition) is 1. The SMILES string of the molecule is C#Cc1c(F)ccc2c(-c3ccc4cncnc4c3)c(O)c(C34CCCN3CC(F)C4)cc12. The highest BCUT2D eigenvalue weighted by atomic mass is 19.1. The minimum atomic E-state index is -0.971. The van der Waals surface area contributed by atoms with Crippen LogP contribution in [-0.2, 0) is 5.54 Å². The Balaban J connectivity index is 1.71. The monoisotopic (exact) mass is 441 g/mol. The number of nitrogens with zero attached hydrogens (tertiary/aromatic N) is 3. The summed E-state index contributed by atoms with van der Waals surface area (Å²) in [7, 11) is 0. The van der Waals surface area contributed by atoms with Gasteiger partial charge in [-0.05, 0) is 48.5 Å². The van der Waals surface area contributed by atoms with Crippen LogP contribution in [0.3, 0.4) is 0 Å². The molecule has 0 saturated carbocycles. The van der Waals surface area contributed by atoms with Gasteiger partial charge >= 0.3 is 0 Å². The van der Waals surface area contributed by atoms with Gasteiger partial charge in [0, 0.05) is 41.1 Å². The lowest BCUT2D eigenvalue weighted by atomic mass is 9.80. The predicted molar refractivity (Wildman–Crippen MR) is 124 cm³/mol. The average Bonchev–Trinajstić information content (AvgIpc) is 3.35. The summed E-state index contributed by atoms with van der Waals surface area (Å²) in [5.41, 5.74) is 2.16. The van der Waals surface area contributed by atoms with Crippen molar-refractivity contribution in [3.05, 3.63) is 65.9 Å². The number of fused-ring (bicyclic) bond motifs is 3. The zero-order valence-electron chi connectivity index (χ0n) is 17.9. The molecule has 1 N–H and O–H groups in total. The molecular weight excluding hydrogens is 420 g/mol. The highest BCUT2D eigenvalue weighted by Crippen LogP contribution is 2.54. The van der Waals surface area contributed by atoms with Gasteiger partial charge in [-0.3, -0.25) is 4.90 Å². The van der Waals surface area contributed by atoms with Gasteiger partial charge in [0.15, 0.2) is 0 Å². The van der Waals surface area contributed by atoms with Crippen molar-refractivity contribution in [1.29, 1.82) is 0 Å². The standard InChI is InChI=1S/C27H21F2N3O/c1-2-19-21-11-22(27-8-3-9-32(27)14-18(28)12-27)26(33)25(20(21)6-7-23(19)29)16-4-5-17-13-30-15-31-24(17)10-16/h1,4-7,10-11,13,15,18,33H,3,8-9,12,14H2. The molecule has 1 aromatic heterocycles. The maximum Gasteiger partial charge on any atom is 0.139 e. The van der Waals surface area contributed by atoms with Crippen LogP contribution in [0.4, 0.5) is 8.78 Å². The van der Waals surface area contributed by atoms with Crippen LogP contribution in [0.2, 0.25) is 0 Å². The summed E-state index contributed by atoms with van der Waals surface area (Å²) >= 11 is 0. The molecular formula is C27H21F2N3O. The van der Waals surface area contributed by atoms with Crippen LogP contribution < -0.4 is 0 Å². The fourth-order valence-electron chi connectivity index (χ4n) is 5.88. The molecule has 2 aliphatic rings. The molecule has 6 heteroatoms. The molecule has 0 amide bonds. The number of aromatic hydroxyl groups is 1. The topological polar surface area (TPSA) is 49.3 Å². The molecule has 2 aliphatic heterocycles. The first kappa shape index (κ1) is 20.1. The number of halogens is 2. The van der Waals surface area contributed by atoms with Crippen molar-refractivity contribution in [2.24, 2.45) is 0 Å².